The average molecular weight is 392 g/mol. The fraction of sp³-hybridized carbons (Fsp3) is 0.0952. The van der Waals surface area contributed by atoms with E-state index in [1.165, 1.54) is 17.6 Å². The Hall–Kier alpha value is -3.45. The van der Waals surface area contributed by atoms with Crippen molar-refractivity contribution in [3.8, 4) is 27.8 Å². The number of benzene rings is 2. The quantitative estimate of drug-likeness (QED) is 0.438. The molecule has 7 heteroatoms. The summed E-state index contributed by atoms with van der Waals surface area (Å²) in [6, 6.07) is 17.0. The molecule has 2 aromatic heterocycles. The minimum absolute atomic E-state index is 0.0184. The molecule has 2 heterocycles. The zero-order valence-electron chi connectivity index (χ0n) is 15.0. The van der Waals surface area contributed by atoms with E-state index in [1.54, 1.807) is 12.5 Å². The van der Waals surface area contributed by atoms with E-state index >= 15 is 0 Å². The molecule has 0 atom stereocenters. The third-order valence-electron chi connectivity index (χ3n) is 3.97. The summed E-state index contributed by atoms with van der Waals surface area (Å²) in [4.78, 5) is 21.0. The van der Waals surface area contributed by atoms with E-state index in [4.69, 9.17) is 13.9 Å². The van der Waals surface area contributed by atoms with Crippen molar-refractivity contribution in [2.24, 2.45) is 0 Å². The number of esters is 1. The first-order valence-corrected chi connectivity index (χ1v) is 9.38. The van der Waals surface area contributed by atoms with E-state index in [-0.39, 0.29) is 12.3 Å². The number of oxazole rings is 1. The Morgan fingerprint density at radius 3 is 2.57 bits per heavy atom. The molecule has 0 spiro atoms. The number of hydrogen-bond acceptors (Lipinski definition) is 7. The van der Waals surface area contributed by atoms with Gasteiger partial charge in [-0.15, -0.1) is 11.3 Å². The Labute approximate surface area is 165 Å². The highest BCUT2D eigenvalue weighted by Gasteiger charge is 2.15. The number of methoxy groups -OCH3 is 1. The molecule has 4 rings (SSSR count). The predicted octanol–water partition coefficient (Wildman–Crippen LogP) is 4.83. The molecular formula is C21H16N2O4S. The molecule has 0 fully saturated rings. The van der Waals surface area contributed by atoms with Crippen LogP contribution in [0.2, 0.25) is 0 Å². The smallest absolute Gasteiger partial charge is 0.358 e. The van der Waals surface area contributed by atoms with Crippen LogP contribution in [0.15, 0.2) is 70.7 Å². The molecule has 0 N–H and O–H groups in total. The topological polar surface area (TPSA) is 74.5 Å². The highest BCUT2D eigenvalue weighted by Crippen LogP contribution is 2.26. The van der Waals surface area contributed by atoms with Gasteiger partial charge in [0, 0.05) is 16.5 Å². The van der Waals surface area contributed by atoms with Crippen LogP contribution in [0.4, 0.5) is 0 Å². The second-order valence-corrected chi connectivity index (χ2v) is 6.71. The summed E-state index contributed by atoms with van der Waals surface area (Å²) < 4.78 is 15.9. The van der Waals surface area contributed by atoms with E-state index in [1.807, 2.05) is 54.6 Å². The van der Waals surface area contributed by atoms with Crippen molar-refractivity contribution in [1.29, 1.82) is 0 Å². The van der Waals surface area contributed by atoms with E-state index in [0.29, 0.717) is 11.6 Å². The van der Waals surface area contributed by atoms with E-state index in [9.17, 15) is 4.79 Å². The van der Waals surface area contributed by atoms with Crippen LogP contribution in [-0.4, -0.2) is 23.0 Å². The second-order valence-electron chi connectivity index (χ2n) is 5.85. The molecule has 0 aliphatic rings. The van der Waals surface area contributed by atoms with Crippen molar-refractivity contribution in [2.45, 2.75) is 6.61 Å². The monoisotopic (exact) mass is 392 g/mol. The first kappa shape index (κ1) is 17.9. The Balaban J connectivity index is 1.39. The molecule has 2 aromatic carbocycles. The number of carbonyl (C=O) groups is 1. The Morgan fingerprint density at radius 1 is 1.04 bits per heavy atom. The van der Waals surface area contributed by atoms with Crippen molar-refractivity contribution >= 4 is 17.3 Å². The molecule has 0 radical (unpaired) electrons. The molecule has 140 valence electrons. The Kier molecular flexibility index (Phi) is 5.16. The maximum Gasteiger partial charge on any atom is 0.358 e. The first-order chi connectivity index (χ1) is 13.7. The molecule has 0 unspecified atom stereocenters. The summed E-state index contributed by atoms with van der Waals surface area (Å²) in [5.74, 6) is 0.754. The third-order valence-corrected chi connectivity index (χ3v) is 4.87. The number of carbonyl (C=O) groups excluding carboxylic acids is 1. The van der Waals surface area contributed by atoms with Crippen LogP contribution in [-0.2, 0) is 11.3 Å². The lowest BCUT2D eigenvalue weighted by Crippen LogP contribution is -2.05. The Bertz CT molecular complexity index is 1070. The van der Waals surface area contributed by atoms with E-state index in [0.717, 1.165) is 21.9 Å². The lowest BCUT2D eigenvalue weighted by molar-refractivity contribution is 0.0462. The van der Waals surface area contributed by atoms with Crippen molar-refractivity contribution in [1.82, 2.24) is 9.97 Å². The maximum absolute atomic E-state index is 12.3. The van der Waals surface area contributed by atoms with Gasteiger partial charge in [0.1, 0.15) is 29.3 Å². The summed E-state index contributed by atoms with van der Waals surface area (Å²) >= 11 is 1.38. The molecular weight excluding hydrogens is 376 g/mol. The molecule has 0 aliphatic heterocycles. The van der Waals surface area contributed by atoms with Crippen molar-refractivity contribution in [3.05, 3.63) is 77.6 Å². The van der Waals surface area contributed by atoms with Gasteiger partial charge in [0.2, 0.25) is 5.89 Å². The summed E-state index contributed by atoms with van der Waals surface area (Å²) in [6.07, 6.45) is 1.49. The van der Waals surface area contributed by atoms with Crippen LogP contribution >= 0.6 is 11.3 Å². The molecule has 28 heavy (non-hydrogen) atoms. The number of rotatable bonds is 6. The van der Waals surface area contributed by atoms with Gasteiger partial charge in [-0.25, -0.2) is 14.8 Å². The summed E-state index contributed by atoms with van der Waals surface area (Å²) in [5.41, 5.74) is 2.58. The lowest BCUT2D eigenvalue weighted by Gasteiger charge is -2.01. The Morgan fingerprint density at radius 2 is 1.82 bits per heavy atom. The van der Waals surface area contributed by atoms with Crippen LogP contribution < -0.4 is 4.74 Å². The van der Waals surface area contributed by atoms with Crippen LogP contribution in [0.5, 0.6) is 5.75 Å². The van der Waals surface area contributed by atoms with Gasteiger partial charge in [0.25, 0.3) is 0 Å². The number of hydrogen-bond donors (Lipinski definition) is 0. The molecule has 0 amide bonds. The predicted molar refractivity (Wildman–Crippen MR) is 105 cm³/mol. The van der Waals surface area contributed by atoms with E-state index in [2.05, 4.69) is 9.97 Å². The van der Waals surface area contributed by atoms with Gasteiger partial charge in [-0.2, -0.15) is 0 Å². The average Bonchev–Trinajstić information content (AvgIpc) is 3.43. The lowest BCUT2D eigenvalue weighted by atomic mass is 10.2. The largest absolute Gasteiger partial charge is 0.497 e. The SMILES string of the molecule is COc1ccc(-c2nc(C(=O)OCc3coc(-c4ccccc4)n3)cs2)cc1. The van der Waals surface area contributed by atoms with Crippen LogP contribution in [0.25, 0.3) is 22.0 Å². The molecule has 0 bridgehead atoms. The number of thiazole rings is 1. The second kappa shape index (κ2) is 8.06. The summed E-state index contributed by atoms with van der Waals surface area (Å²) in [7, 11) is 1.62. The van der Waals surface area contributed by atoms with Crippen LogP contribution in [0.1, 0.15) is 16.2 Å². The van der Waals surface area contributed by atoms with Crippen molar-refractivity contribution in [3.63, 3.8) is 0 Å². The summed E-state index contributed by atoms with van der Waals surface area (Å²) in [5, 5.41) is 2.42. The maximum atomic E-state index is 12.3. The number of nitrogens with zero attached hydrogens (tertiary/aromatic N) is 2. The molecule has 0 saturated heterocycles. The molecule has 4 aromatic rings. The third kappa shape index (κ3) is 3.94. The highest BCUT2D eigenvalue weighted by molar-refractivity contribution is 7.13. The van der Waals surface area contributed by atoms with Crippen molar-refractivity contribution < 1.29 is 18.7 Å². The highest BCUT2D eigenvalue weighted by atomic mass is 32.1. The van der Waals surface area contributed by atoms with Gasteiger partial charge >= 0.3 is 5.97 Å². The zero-order valence-corrected chi connectivity index (χ0v) is 15.8. The van der Waals surface area contributed by atoms with Gasteiger partial charge < -0.3 is 13.9 Å². The molecule has 0 saturated carbocycles. The van der Waals surface area contributed by atoms with Gasteiger partial charge in [-0.3, -0.25) is 0 Å². The number of aromatic nitrogens is 2. The van der Waals surface area contributed by atoms with Gasteiger partial charge in [-0.05, 0) is 36.4 Å². The molecule has 6 nitrogen and oxygen atoms in total. The van der Waals surface area contributed by atoms with Gasteiger partial charge in [0.05, 0.1) is 7.11 Å². The number of ether oxygens (including phenoxy) is 2. The molecule has 0 aliphatic carbocycles. The van der Waals surface area contributed by atoms with Crippen LogP contribution in [0, 0.1) is 0 Å². The minimum Gasteiger partial charge on any atom is -0.497 e. The van der Waals surface area contributed by atoms with Crippen LogP contribution in [0.3, 0.4) is 0 Å². The van der Waals surface area contributed by atoms with Gasteiger partial charge in [-0.1, -0.05) is 18.2 Å². The van der Waals surface area contributed by atoms with E-state index < -0.39 is 5.97 Å². The minimum atomic E-state index is -0.500. The first-order valence-electron chi connectivity index (χ1n) is 8.50. The zero-order chi connectivity index (χ0) is 19.3. The van der Waals surface area contributed by atoms with Crippen molar-refractivity contribution in [2.75, 3.05) is 7.11 Å². The fourth-order valence-corrected chi connectivity index (χ4v) is 3.33. The summed E-state index contributed by atoms with van der Waals surface area (Å²) in [6.45, 7) is 0.0184. The van der Waals surface area contributed by atoms with Gasteiger partial charge in [0.15, 0.2) is 5.69 Å². The normalized spacial score (nSPS) is 10.6. The standard InChI is InChI=1S/C21H16N2O4S/c1-25-17-9-7-15(8-10-17)20-23-18(13-28-20)21(24)27-12-16-11-26-19(22-16)14-5-3-2-4-6-14/h2-11,13H,12H2,1H3. The fourth-order valence-electron chi connectivity index (χ4n) is 2.53.